The second-order valence-corrected chi connectivity index (χ2v) is 5.25. The Kier molecular flexibility index (Phi) is 4.75. The maximum absolute atomic E-state index is 12.0. The first kappa shape index (κ1) is 15.9. The zero-order valence-electron chi connectivity index (χ0n) is 13.3. The van der Waals surface area contributed by atoms with E-state index < -0.39 is 12.0 Å². The maximum atomic E-state index is 12.0. The fourth-order valence-corrected chi connectivity index (χ4v) is 2.22. The number of esters is 1. The Labute approximate surface area is 129 Å². The first-order valence-electron chi connectivity index (χ1n) is 7.28. The van der Waals surface area contributed by atoms with Crippen molar-refractivity contribution in [1.29, 1.82) is 0 Å². The summed E-state index contributed by atoms with van der Waals surface area (Å²) in [6.07, 6.45) is 0. The number of benzene rings is 1. The van der Waals surface area contributed by atoms with Gasteiger partial charge in [-0.15, -0.1) is 0 Å². The lowest BCUT2D eigenvalue weighted by atomic mass is 10.0. The molecule has 0 aliphatic rings. The third-order valence-electron chi connectivity index (χ3n) is 3.49. The van der Waals surface area contributed by atoms with E-state index in [9.17, 15) is 9.59 Å². The lowest BCUT2D eigenvalue weighted by molar-refractivity contribution is -0.147. The SMILES string of the molecule is CCOC(=O)[C@H](C)n1nc(-c2cc(C)ccc2C)ccc1=O. The van der Waals surface area contributed by atoms with Crippen molar-refractivity contribution in [3.8, 4) is 11.3 Å². The van der Waals surface area contributed by atoms with Crippen molar-refractivity contribution in [2.75, 3.05) is 6.61 Å². The van der Waals surface area contributed by atoms with Gasteiger partial charge in [-0.2, -0.15) is 5.10 Å². The van der Waals surface area contributed by atoms with Gasteiger partial charge < -0.3 is 4.74 Å². The van der Waals surface area contributed by atoms with Crippen molar-refractivity contribution in [1.82, 2.24) is 9.78 Å². The van der Waals surface area contributed by atoms with E-state index in [1.54, 1.807) is 19.9 Å². The van der Waals surface area contributed by atoms with Gasteiger partial charge in [0.2, 0.25) is 0 Å². The Morgan fingerprint density at radius 2 is 2.00 bits per heavy atom. The highest BCUT2D eigenvalue weighted by atomic mass is 16.5. The van der Waals surface area contributed by atoms with Crippen LogP contribution < -0.4 is 5.56 Å². The topological polar surface area (TPSA) is 61.2 Å². The van der Waals surface area contributed by atoms with Crippen LogP contribution in [0.5, 0.6) is 0 Å². The molecule has 1 aromatic heterocycles. The highest BCUT2D eigenvalue weighted by Crippen LogP contribution is 2.22. The van der Waals surface area contributed by atoms with Gasteiger partial charge in [0.1, 0.15) is 0 Å². The Bertz CT molecular complexity index is 750. The van der Waals surface area contributed by atoms with Crippen LogP contribution in [0.25, 0.3) is 11.3 Å². The second kappa shape index (κ2) is 6.56. The summed E-state index contributed by atoms with van der Waals surface area (Å²) in [7, 11) is 0. The van der Waals surface area contributed by atoms with E-state index in [0.29, 0.717) is 5.69 Å². The molecular formula is C17H20N2O3. The third kappa shape index (κ3) is 3.24. The van der Waals surface area contributed by atoms with Gasteiger partial charge in [0.05, 0.1) is 12.3 Å². The molecule has 2 aromatic rings. The van der Waals surface area contributed by atoms with Crippen LogP contribution in [-0.4, -0.2) is 22.4 Å². The van der Waals surface area contributed by atoms with Crippen LogP contribution in [0.4, 0.5) is 0 Å². The zero-order chi connectivity index (χ0) is 16.3. The summed E-state index contributed by atoms with van der Waals surface area (Å²) in [5, 5.41) is 4.35. The molecule has 0 radical (unpaired) electrons. The largest absolute Gasteiger partial charge is 0.464 e. The number of ether oxygens (including phenoxy) is 1. The molecule has 0 spiro atoms. The van der Waals surface area contributed by atoms with Crippen LogP contribution in [0, 0.1) is 13.8 Å². The molecule has 0 saturated heterocycles. The van der Waals surface area contributed by atoms with Crippen LogP contribution in [0.1, 0.15) is 31.0 Å². The molecular weight excluding hydrogens is 280 g/mol. The summed E-state index contributed by atoms with van der Waals surface area (Å²) in [6.45, 7) is 7.60. The average molecular weight is 300 g/mol. The molecule has 0 unspecified atom stereocenters. The van der Waals surface area contributed by atoms with Crippen LogP contribution in [0.3, 0.4) is 0 Å². The minimum atomic E-state index is -0.752. The number of hydrogen-bond donors (Lipinski definition) is 0. The molecule has 22 heavy (non-hydrogen) atoms. The zero-order valence-corrected chi connectivity index (χ0v) is 13.3. The smallest absolute Gasteiger partial charge is 0.330 e. The van der Waals surface area contributed by atoms with Crippen LogP contribution in [0.15, 0.2) is 35.1 Å². The lowest BCUT2D eigenvalue weighted by Gasteiger charge is -2.14. The van der Waals surface area contributed by atoms with Crippen molar-refractivity contribution in [2.24, 2.45) is 0 Å². The molecule has 0 fully saturated rings. The van der Waals surface area contributed by atoms with E-state index in [1.807, 2.05) is 32.0 Å². The van der Waals surface area contributed by atoms with Gasteiger partial charge in [-0.25, -0.2) is 9.48 Å². The summed E-state index contributed by atoms with van der Waals surface area (Å²) < 4.78 is 6.14. The number of hydrogen-bond acceptors (Lipinski definition) is 4. The Hall–Kier alpha value is -2.43. The molecule has 1 aromatic carbocycles. The molecule has 0 N–H and O–H groups in total. The van der Waals surface area contributed by atoms with Crippen molar-refractivity contribution < 1.29 is 9.53 Å². The monoisotopic (exact) mass is 300 g/mol. The first-order valence-corrected chi connectivity index (χ1v) is 7.28. The molecule has 2 rings (SSSR count). The van der Waals surface area contributed by atoms with E-state index in [4.69, 9.17) is 4.74 Å². The molecule has 0 aliphatic carbocycles. The van der Waals surface area contributed by atoms with Crippen molar-refractivity contribution >= 4 is 5.97 Å². The molecule has 5 nitrogen and oxygen atoms in total. The summed E-state index contributed by atoms with van der Waals surface area (Å²) in [4.78, 5) is 23.8. The van der Waals surface area contributed by atoms with Gasteiger partial charge in [0.15, 0.2) is 6.04 Å². The lowest BCUT2D eigenvalue weighted by Crippen LogP contribution is -2.31. The number of rotatable bonds is 4. The van der Waals surface area contributed by atoms with Gasteiger partial charge in [-0.05, 0) is 45.4 Å². The average Bonchev–Trinajstić information content (AvgIpc) is 2.50. The van der Waals surface area contributed by atoms with Crippen LogP contribution in [0.2, 0.25) is 0 Å². The van der Waals surface area contributed by atoms with Crippen LogP contribution in [-0.2, 0) is 9.53 Å². The minimum Gasteiger partial charge on any atom is -0.464 e. The number of nitrogens with zero attached hydrogens (tertiary/aromatic N) is 2. The maximum Gasteiger partial charge on any atom is 0.330 e. The highest BCUT2D eigenvalue weighted by molar-refractivity contribution is 5.73. The van der Waals surface area contributed by atoms with E-state index in [1.165, 1.54) is 10.7 Å². The second-order valence-electron chi connectivity index (χ2n) is 5.25. The summed E-state index contributed by atoms with van der Waals surface area (Å²) in [6, 6.07) is 8.41. The quantitative estimate of drug-likeness (QED) is 0.814. The number of aryl methyl sites for hydroxylation is 2. The van der Waals surface area contributed by atoms with Gasteiger partial charge in [-0.1, -0.05) is 17.7 Å². The van der Waals surface area contributed by atoms with Gasteiger partial charge in [-0.3, -0.25) is 4.79 Å². The van der Waals surface area contributed by atoms with E-state index >= 15 is 0 Å². The van der Waals surface area contributed by atoms with Gasteiger partial charge >= 0.3 is 5.97 Å². The molecule has 0 saturated carbocycles. The van der Waals surface area contributed by atoms with Crippen molar-refractivity contribution in [3.05, 3.63) is 51.8 Å². The summed E-state index contributed by atoms with van der Waals surface area (Å²) in [5.41, 5.74) is 3.46. The molecule has 1 heterocycles. The van der Waals surface area contributed by atoms with Crippen molar-refractivity contribution in [2.45, 2.75) is 33.7 Å². The summed E-state index contributed by atoms with van der Waals surface area (Å²) in [5.74, 6) is -0.463. The number of aromatic nitrogens is 2. The van der Waals surface area contributed by atoms with Gasteiger partial charge in [0.25, 0.3) is 5.56 Å². The Morgan fingerprint density at radius 3 is 2.68 bits per heavy atom. The first-order chi connectivity index (χ1) is 10.4. The predicted octanol–water partition coefficient (Wildman–Crippen LogP) is 2.65. The Morgan fingerprint density at radius 1 is 1.27 bits per heavy atom. The fraction of sp³-hybridized carbons (Fsp3) is 0.353. The number of carbonyl (C=O) groups excluding carboxylic acids is 1. The standard InChI is InChI=1S/C17H20N2O3/c1-5-22-17(21)13(4)19-16(20)9-8-15(18-19)14-10-11(2)6-7-12(14)3/h6-10,13H,5H2,1-4H3/t13-/m0/s1. The Balaban J connectivity index is 2.49. The van der Waals surface area contributed by atoms with Crippen molar-refractivity contribution in [3.63, 3.8) is 0 Å². The molecule has 0 bridgehead atoms. The van der Waals surface area contributed by atoms with E-state index in [-0.39, 0.29) is 12.2 Å². The third-order valence-corrected chi connectivity index (χ3v) is 3.49. The van der Waals surface area contributed by atoms with E-state index in [2.05, 4.69) is 5.10 Å². The van der Waals surface area contributed by atoms with Crippen LogP contribution >= 0.6 is 0 Å². The summed E-state index contributed by atoms with van der Waals surface area (Å²) >= 11 is 0. The van der Waals surface area contributed by atoms with E-state index in [0.717, 1.165) is 16.7 Å². The molecule has 116 valence electrons. The molecule has 0 amide bonds. The molecule has 5 heteroatoms. The number of carbonyl (C=O) groups is 1. The fourth-order valence-electron chi connectivity index (χ4n) is 2.22. The predicted molar refractivity (Wildman–Crippen MR) is 84.8 cm³/mol. The minimum absolute atomic E-state index is 0.272. The highest BCUT2D eigenvalue weighted by Gasteiger charge is 2.19. The van der Waals surface area contributed by atoms with Gasteiger partial charge in [0, 0.05) is 11.6 Å². The normalized spacial score (nSPS) is 12.0. The molecule has 1 atom stereocenters. The molecule has 0 aliphatic heterocycles.